The molecular weight excluding hydrogens is 276 g/mol. The number of methoxy groups -OCH3 is 2. The fourth-order valence-corrected chi connectivity index (χ4v) is 1.54. The Bertz CT molecular complexity index is 367. The predicted molar refractivity (Wildman–Crippen MR) is 77.4 cm³/mol. The van der Waals surface area contributed by atoms with Crippen molar-refractivity contribution < 1.29 is 23.9 Å². The lowest BCUT2D eigenvalue weighted by Gasteiger charge is -2.24. The van der Waals surface area contributed by atoms with E-state index in [-0.39, 0.29) is 25.5 Å². The number of rotatable bonds is 10. The van der Waals surface area contributed by atoms with E-state index in [9.17, 15) is 14.4 Å². The number of hydrogen-bond acceptors (Lipinski definition) is 6. The van der Waals surface area contributed by atoms with Crippen LogP contribution < -0.4 is 0 Å². The number of esters is 2. The minimum Gasteiger partial charge on any atom is -0.468 e. The van der Waals surface area contributed by atoms with Crippen molar-refractivity contribution in [3.8, 4) is 0 Å². The molecule has 0 aliphatic rings. The van der Waals surface area contributed by atoms with Crippen LogP contribution in [0.1, 0.15) is 0 Å². The standard InChI is InChI=1S/C14H22N2O5/c1-5-7-16(8-6-2)12(17)9-15(10-13(18)20-3)11-14(19)21-4/h5-6H,1-2,7-11H2,3-4H3. The summed E-state index contributed by atoms with van der Waals surface area (Å²) >= 11 is 0. The number of amides is 1. The second-order valence-electron chi connectivity index (χ2n) is 4.17. The zero-order valence-electron chi connectivity index (χ0n) is 12.5. The number of hydrogen-bond donors (Lipinski definition) is 0. The molecule has 7 heteroatoms. The maximum Gasteiger partial charge on any atom is 0.319 e. The lowest BCUT2D eigenvalue weighted by Crippen LogP contribution is -2.44. The highest BCUT2D eigenvalue weighted by molar-refractivity contribution is 5.81. The molecule has 1 amide bonds. The van der Waals surface area contributed by atoms with Gasteiger partial charge in [0, 0.05) is 13.1 Å². The number of carbonyl (C=O) groups is 3. The molecule has 0 bridgehead atoms. The summed E-state index contributed by atoms with van der Waals surface area (Å²) in [5.41, 5.74) is 0. The summed E-state index contributed by atoms with van der Waals surface area (Å²) in [7, 11) is 2.48. The van der Waals surface area contributed by atoms with Gasteiger partial charge in [0.2, 0.25) is 5.91 Å². The average molecular weight is 298 g/mol. The normalized spacial score (nSPS) is 9.86. The Kier molecular flexibility index (Phi) is 9.53. The summed E-state index contributed by atoms with van der Waals surface area (Å²) in [5.74, 6) is -1.32. The van der Waals surface area contributed by atoms with Gasteiger partial charge in [0.25, 0.3) is 0 Å². The molecule has 7 nitrogen and oxygen atoms in total. The van der Waals surface area contributed by atoms with Crippen LogP contribution in [0.2, 0.25) is 0 Å². The summed E-state index contributed by atoms with van der Waals surface area (Å²) in [6.45, 7) is 7.42. The Morgan fingerprint density at radius 3 is 1.67 bits per heavy atom. The van der Waals surface area contributed by atoms with Crippen LogP contribution in [0.25, 0.3) is 0 Å². The maximum absolute atomic E-state index is 12.2. The largest absolute Gasteiger partial charge is 0.468 e. The second kappa shape index (κ2) is 10.6. The Morgan fingerprint density at radius 1 is 0.905 bits per heavy atom. The lowest BCUT2D eigenvalue weighted by molar-refractivity contribution is -0.146. The molecule has 0 aromatic rings. The van der Waals surface area contributed by atoms with Crippen molar-refractivity contribution in [1.82, 2.24) is 9.80 Å². The first-order valence-corrected chi connectivity index (χ1v) is 6.34. The molecule has 0 aromatic carbocycles. The fraction of sp³-hybridized carbons (Fsp3) is 0.500. The van der Waals surface area contributed by atoms with Crippen molar-refractivity contribution in [3.63, 3.8) is 0 Å². The van der Waals surface area contributed by atoms with Crippen LogP contribution in [0.15, 0.2) is 25.3 Å². The van der Waals surface area contributed by atoms with Gasteiger partial charge in [-0.05, 0) is 0 Å². The smallest absolute Gasteiger partial charge is 0.319 e. The molecule has 0 fully saturated rings. The minimum absolute atomic E-state index is 0.105. The van der Waals surface area contributed by atoms with Gasteiger partial charge in [-0.2, -0.15) is 0 Å². The van der Waals surface area contributed by atoms with Gasteiger partial charge in [-0.1, -0.05) is 12.2 Å². The molecule has 0 atom stereocenters. The number of nitrogens with zero attached hydrogens (tertiary/aromatic N) is 2. The topological polar surface area (TPSA) is 76.2 Å². The Labute approximate surface area is 124 Å². The lowest BCUT2D eigenvalue weighted by atomic mass is 10.3. The molecule has 0 rings (SSSR count). The molecule has 0 saturated carbocycles. The van der Waals surface area contributed by atoms with E-state index in [0.717, 1.165) is 0 Å². The maximum atomic E-state index is 12.2. The van der Waals surface area contributed by atoms with Gasteiger partial charge in [-0.15, -0.1) is 13.2 Å². The summed E-state index contributed by atoms with van der Waals surface area (Å²) in [6.07, 6.45) is 3.18. The predicted octanol–water partition coefficient (Wildman–Crippen LogP) is -0.165. The van der Waals surface area contributed by atoms with Gasteiger partial charge < -0.3 is 14.4 Å². The molecule has 118 valence electrons. The summed E-state index contributed by atoms with van der Waals surface area (Å²) in [5, 5.41) is 0. The molecule has 0 aromatic heterocycles. The quantitative estimate of drug-likeness (QED) is 0.412. The zero-order valence-corrected chi connectivity index (χ0v) is 12.5. The molecular formula is C14H22N2O5. The van der Waals surface area contributed by atoms with Crippen molar-refractivity contribution in [2.45, 2.75) is 0 Å². The highest BCUT2D eigenvalue weighted by Crippen LogP contribution is 1.98. The molecule has 21 heavy (non-hydrogen) atoms. The van der Waals surface area contributed by atoms with E-state index in [1.54, 1.807) is 12.2 Å². The van der Waals surface area contributed by atoms with Crippen LogP contribution in [0.3, 0.4) is 0 Å². The minimum atomic E-state index is -0.536. The van der Waals surface area contributed by atoms with Gasteiger partial charge in [-0.3, -0.25) is 19.3 Å². The van der Waals surface area contributed by atoms with Gasteiger partial charge in [0.15, 0.2) is 0 Å². The van der Waals surface area contributed by atoms with E-state index < -0.39 is 11.9 Å². The average Bonchev–Trinajstić information content (AvgIpc) is 2.46. The fourth-order valence-electron chi connectivity index (χ4n) is 1.54. The van der Waals surface area contributed by atoms with Crippen LogP contribution in [-0.2, 0) is 23.9 Å². The molecule has 0 N–H and O–H groups in total. The SMILES string of the molecule is C=CCN(CC=C)C(=O)CN(CC(=O)OC)CC(=O)OC. The van der Waals surface area contributed by atoms with E-state index in [4.69, 9.17) is 0 Å². The second-order valence-corrected chi connectivity index (χ2v) is 4.17. The van der Waals surface area contributed by atoms with E-state index in [2.05, 4.69) is 22.6 Å². The summed E-state index contributed by atoms with van der Waals surface area (Å²) in [6, 6.07) is 0. The van der Waals surface area contributed by atoms with Crippen molar-refractivity contribution in [2.75, 3.05) is 46.9 Å². The van der Waals surface area contributed by atoms with Gasteiger partial charge in [-0.25, -0.2) is 0 Å². The third-order valence-corrected chi connectivity index (χ3v) is 2.57. The highest BCUT2D eigenvalue weighted by Gasteiger charge is 2.21. The van der Waals surface area contributed by atoms with Crippen molar-refractivity contribution >= 4 is 17.8 Å². The summed E-state index contributed by atoms with van der Waals surface area (Å²) < 4.78 is 9.09. The third kappa shape index (κ3) is 7.88. The number of ether oxygens (including phenoxy) is 2. The van der Waals surface area contributed by atoms with Crippen LogP contribution in [-0.4, -0.2) is 74.6 Å². The monoisotopic (exact) mass is 298 g/mol. The Hall–Kier alpha value is -2.15. The first-order valence-electron chi connectivity index (χ1n) is 6.34. The van der Waals surface area contributed by atoms with Crippen LogP contribution in [0.4, 0.5) is 0 Å². The zero-order chi connectivity index (χ0) is 16.3. The van der Waals surface area contributed by atoms with Crippen LogP contribution in [0, 0.1) is 0 Å². The van der Waals surface area contributed by atoms with Crippen LogP contribution >= 0.6 is 0 Å². The Balaban J connectivity index is 4.77. The molecule has 0 saturated heterocycles. The molecule has 0 spiro atoms. The summed E-state index contributed by atoms with van der Waals surface area (Å²) in [4.78, 5) is 37.7. The highest BCUT2D eigenvalue weighted by atomic mass is 16.5. The van der Waals surface area contributed by atoms with Gasteiger partial charge >= 0.3 is 11.9 Å². The Morgan fingerprint density at radius 2 is 1.33 bits per heavy atom. The first-order chi connectivity index (χ1) is 9.98. The molecule has 0 aliphatic carbocycles. The van der Waals surface area contributed by atoms with Gasteiger partial charge in [0.1, 0.15) is 0 Å². The third-order valence-electron chi connectivity index (χ3n) is 2.57. The van der Waals surface area contributed by atoms with E-state index >= 15 is 0 Å². The van der Waals surface area contributed by atoms with Gasteiger partial charge in [0.05, 0.1) is 33.9 Å². The molecule has 0 radical (unpaired) electrons. The number of carbonyl (C=O) groups excluding carboxylic acids is 3. The van der Waals surface area contributed by atoms with Crippen molar-refractivity contribution in [2.24, 2.45) is 0 Å². The van der Waals surface area contributed by atoms with Crippen molar-refractivity contribution in [3.05, 3.63) is 25.3 Å². The van der Waals surface area contributed by atoms with E-state index in [1.807, 2.05) is 0 Å². The van der Waals surface area contributed by atoms with E-state index in [1.165, 1.54) is 24.0 Å². The van der Waals surface area contributed by atoms with E-state index in [0.29, 0.717) is 13.1 Å². The molecule has 0 aliphatic heterocycles. The first kappa shape index (κ1) is 18.9. The molecule has 0 unspecified atom stereocenters. The van der Waals surface area contributed by atoms with Crippen LogP contribution in [0.5, 0.6) is 0 Å². The molecule has 0 heterocycles. The van der Waals surface area contributed by atoms with Crippen molar-refractivity contribution in [1.29, 1.82) is 0 Å².